The van der Waals surface area contributed by atoms with Crippen LogP contribution in [0.25, 0.3) is 5.76 Å². The van der Waals surface area contributed by atoms with Gasteiger partial charge in [-0.2, -0.15) is 0 Å². The van der Waals surface area contributed by atoms with Crippen molar-refractivity contribution >= 4 is 17.4 Å². The van der Waals surface area contributed by atoms with Crippen LogP contribution in [0.15, 0.2) is 66.2 Å². The van der Waals surface area contributed by atoms with E-state index in [1.54, 1.807) is 29.2 Å². The standard InChI is InChI=1S/C23H24N2O4/c26-21(18-9-5-2-6-10-18)19-20(17-7-3-1-4-8-17)25(23(28)22(19)27)12-11-24-13-15-29-16-14-24/h1-10,20,26H,11-16H2/b21-19+. The van der Waals surface area contributed by atoms with E-state index in [0.29, 0.717) is 31.9 Å². The summed E-state index contributed by atoms with van der Waals surface area (Å²) in [7, 11) is 0. The SMILES string of the molecule is O=C1C(=O)N(CCN2CCOCC2)C(c2ccccc2)/C1=C(\O)c1ccccc1. The molecule has 29 heavy (non-hydrogen) atoms. The Kier molecular flexibility index (Phi) is 5.74. The molecule has 2 fully saturated rings. The molecule has 0 spiro atoms. The van der Waals surface area contributed by atoms with Crippen molar-refractivity contribution in [1.29, 1.82) is 0 Å². The summed E-state index contributed by atoms with van der Waals surface area (Å²) in [5, 5.41) is 10.9. The Morgan fingerprint density at radius 2 is 1.55 bits per heavy atom. The van der Waals surface area contributed by atoms with Crippen molar-refractivity contribution in [2.75, 3.05) is 39.4 Å². The summed E-state index contributed by atoms with van der Waals surface area (Å²) >= 11 is 0. The van der Waals surface area contributed by atoms with Crippen molar-refractivity contribution in [3.8, 4) is 0 Å². The van der Waals surface area contributed by atoms with Gasteiger partial charge in [0.1, 0.15) is 5.76 Å². The summed E-state index contributed by atoms with van der Waals surface area (Å²) in [6.45, 7) is 4.04. The van der Waals surface area contributed by atoms with Crippen molar-refractivity contribution in [1.82, 2.24) is 9.80 Å². The van der Waals surface area contributed by atoms with Crippen LogP contribution in [0.4, 0.5) is 0 Å². The second-order valence-corrected chi connectivity index (χ2v) is 7.22. The molecule has 2 aromatic carbocycles. The predicted molar refractivity (Wildman–Crippen MR) is 109 cm³/mol. The van der Waals surface area contributed by atoms with Crippen LogP contribution in [0.1, 0.15) is 17.2 Å². The van der Waals surface area contributed by atoms with E-state index in [1.807, 2.05) is 36.4 Å². The van der Waals surface area contributed by atoms with E-state index >= 15 is 0 Å². The lowest BCUT2D eigenvalue weighted by molar-refractivity contribution is -0.140. The zero-order chi connectivity index (χ0) is 20.2. The first-order chi connectivity index (χ1) is 14.2. The van der Waals surface area contributed by atoms with E-state index in [0.717, 1.165) is 18.7 Å². The van der Waals surface area contributed by atoms with Crippen LogP contribution in [0, 0.1) is 0 Å². The average Bonchev–Trinajstić information content (AvgIpc) is 3.04. The number of morpholine rings is 1. The van der Waals surface area contributed by atoms with Crippen LogP contribution >= 0.6 is 0 Å². The van der Waals surface area contributed by atoms with Gasteiger partial charge in [0.15, 0.2) is 0 Å². The summed E-state index contributed by atoms with van der Waals surface area (Å²) in [6.07, 6.45) is 0. The van der Waals surface area contributed by atoms with Gasteiger partial charge in [0.2, 0.25) is 0 Å². The van der Waals surface area contributed by atoms with Gasteiger partial charge in [0, 0.05) is 31.7 Å². The molecule has 0 aromatic heterocycles. The van der Waals surface area contributed by atoms with Gasteiger partial charge in [0.25, 0.3) is 11.7 Å². The van der Waals surface area contributed by atoms with Gasteiger partial charge in [-0.1, -0.05) is 60.7 Å². The maximum Gasteiger partial charge on any atom is 0.295 e. The average molecular weight is 392 g/mol. The number of rotatable bonds is 5. The van der Waals surface area contributed by atoms with Gasteiger partial charge >= 0.3 is 0 Å². The summed E-state index contributed by atoms with van der Waals surface area (Å²) in [4.78, 5) is 29.6. The van der Waals surface area contributed by atoms with Crippen molar-refractivity contribution in [3.63, 3.8) is 0 Å². The van der Waals surface area contributed by atoms with Gasteiger partial charge in [0.05, 0.1) is 24.8 Å². The molecule has 1 atom stereocenters. The molecular formula is C23H24N2O4. The molecule has 0 aliphatic carbocycles. The molecule has 1 N–H and O–H groups in total. The topological polar surface area (TPSA) is 70.1 Å². The molecule has 1 amide bonds. The Morgan fingerprint density at radius 3 is 2.21 bits per heavy atom. The number of amides is 1. The van der Waals surface area contributed by atoms with E-state index in [9.17, 15) is 14.7 Å². The fraction of sp³-hybridized carbons (Fsp3) is 0.304. The van der Waals surface area contributed by atoms with E-state index in [1.165, 1.54) is 0 Å². The molecule has 2 aliphatic heterocycles. The number of likely N-dealkylation sites (tertiary alicyclic amines) is 1. The highest BCUT2D eigenvalue weighted by molar-refractivity contribution is 6.46. The second-order valence-electron chi connectivity index (χ2n) is 7.22. The quantitative estimate of drug-likeness (QED) is 0.481. The Labute approximate surface area is 170 Å². The number of benzene rings is 2. The molecule has 150 valence electrons. The molecule has 0 radical (unpaired) electrons. The lowest BCUT2D eigenvalue weighted by Crippen LogP contribution is -2.42. The van der Waals surface area contributed by atoms with Crippen molar-refractivity contribution in [2.24, 2.45) is 0 Å². The smallest absolute Gasteiger partial charge is 0.295 e. The zero-order valence-corrected chi connectivity index (χ0v) is 16.2. The summed E-state index contributed by atoms with van der Waals surface area (Å²) in [5.41, 5.74) is 1.49. The number of carbonyl (C=O) groups is 2. The summed E-state index contributed by atoms with van der Waals surface area (Å²) in [6, 6.07) is 17.7. The summed E-state index contributed by atoms with van der Waals surface area (Å²) in [5.74, 6) is -1.33. The molecule has 0 saturated carbocycles. The number of hydrogen-bond acceptors (Lipinski definition) is 5. The Balaban J connectivity index is 1.70. The van der Waals surface area contributed by atoms with Gasteiger partial charge in [-0.05, 0) is 5.56 Å². The van der Waals surface area contributed by atoms with Crippen LogP contribution < -0.4 is 0 Å². The number of ketones is 1. The van der Waals surface area contributed by atoms with Gasteiger partial charge < -0.3 is 14.7 Å². The first kappa shape index (κ1) is 19.4. The molecule has 2 aliphatic rings. The van der Waals surface area contributed by atoms with Crippen molar-refractivity contribution < 1.29 is 19.4 Å². The van der Waals surface area contributed by atoms with Gasteiger partial charge in [-0.25, -0.2) is 0 Å². The minimum atomic E-state index is -0.637. The molecule has 0 bridgehead atoms. The molecular weight excluding hydrogens is 368 g/mol. The molecule has 2 heterocycles. The van der Waals surface area contributed by atoms with E-state index < -0.39 is 17.7 Å². The largest absolute Gasteiger partial charge is 0.507 e. The van der Waals surface area contributed by atoms with Crippen molar-refractivity contribution in [2.45, 2.75) is 6.04 Å². The number of nitrogens with zero attached hydrogens (tertiary/aromatic N) is 2. The fourth-order valence-corrected chi connectivity index (χ4v) is 3.92. The first-order valence-electron chi connectivity index (χ1n) is 9.85. The van der Waals surface area contributed by atoms with Crippen LogP contribution in [0.2, 0.25) is 0 Å². The number of carbonyl (C=O) groups excluding carboxylic acids is 2. The normalized spacial score (nSPS) is 22.2. The second kappa shape index (κ2) is 8.59. The highest BCUT2D eigenvalue weighted by Gasteiger charge is 2.45. The molecule has 6 heteroatoms. The van der Waals surface area contributed by atoms with E-state index in [-0.39, 0.29) is 11.3 Å². The lowest BCUT2D eigenvalue weighted by Gasteiger charge is -2.31. The molecule has 6 nitrogen and oxygen atoms in total. The minimum Gasteiger partial charge on any atom is -0.507 e. The number of aliphatic hydroxyl groups excluding tert-OH is 1. The Bertz CT molecular complexity index is 905. The maximum atomic E-state index is 12.9. The number of Topliss-reactive ketones (excluding diaryl/α,β-unsaturated/α-hetero) is 1. The monoisotopic (exact) mass is 392 g/mol. The van der Waals surface area contributed by atoms with Gasteiger partial charge in [-0.15, -0.1) is 0 Å². The zero-order valence-electron chi connectivity index (χ0n) is 16.2. The highest BCUT2D eigenvalue weighted by Crippen LogP contribution is 2.39. The van der Waals surface area contributed by atoms with Crippen LogP contribution in [-0.4, -0.2) is 66.0 Å². The number of ether oxygens (including phenoxy) is 1. The van der Waals surface area contributed by atoms with Gasteiger partial charge in [-0.3, -0.25) is 14.5 Å². The third-order valence-corrected chi connectivity index (χ3v) is 5.46. The molecule has 4 rings (SSSR count). The molecule has 1 unspecified atom stereocenters. The predicted octanol–water partition coefficient (Wildman–Crippen LogP) is 2.44. The molecule has 2 aromatic rings. The maximum absolute atomic E-state index is 12.9. The van der Waals surface area contributed by atoms with Crippen LogP contribution in [0.3, 0.4) is 0 Å². The highest BCUT2D eigenvalue weighted by atomic mass is 16.5. The number of aliphatic hydroxyl groups is 1. The van der Waals surface area contributed by atoms with Crippen LogP contribution in [-0.2, 0) is 14.3 Å². The Morgan fingerprint density at radius 1 is 0.931 bits per heavy atom. The fourth-order valence-electron chi connectivity index (χ4n) is 3.92. The third-order valence-electron chi connectivity index (χ3n) is 5.46. The minimum absolute atomic E-state index is 0.133. The molecule has 2 saturated heterocycles. The summed E-state index contributed by atoms with van der Waals surface area (Å²) < 4.78 is 5.38. The van der Waals surface area contributed by atoms with Crippen molar-refractivity contribution in [3.05, 3.63) is 77.4 Å². The third kappa shape index (κ3) is 3.95. The Hall–Kier alpha value is -2.96. The first-order valence-corrected chi connectivity index (χ1v) is 9.85. The van der Waals surface area contributed by atoms with E-state index in [4.69, 9.17) is 4.74 Å². The van der Waals surface area contributed by atoms with E-state index in [2.05, 4.69) is 4.90 Å². The lowest BCUT2D eigenvalue weighted by atomic mass is 9.95. The number of hydrogen-bond donors (Lipinski definition) is 1. The van der Waals surface area contributed by atoms with Crippen LogP contribution in [0.5, 0.6) is 0 Å².